The van der Waals surface area contributed by atoms with Gasteiger partial charge in [0.1, 0.15) is 18.1 Å². The van der Waals surface area contributed by atoms with Crippen molar-refractivity contribution in [3.8, 4) is 0 Å². The number of rotatable bonds is 8. The lowest BCUT2D eigenvalue weighted by Crippen LogP contribution is -2.56. The van der Waals surface area contributed by atoms with Crippen molar-refractivity contribution in [3.05, 3.63) is 41.0 Å². The zero-order valence-electron chi connectivity index (χ0n) is 23.2. The van der Waals surface area contributed by atoms with Crippen molar-refractivity contribution in [2.45, 2.75) is 50.9 Å². The fourth-order valence-corrected chi connectivity index (χ4v) is 3.61. The van der Waals surface area contributed by atoms with Crippen molar-refractivity contribution >= 4 is 23.0 Å². The Bertz CT molecular complexity index is 1330. The first kappa shape index (κ1) is 32.7. The summed E-state index contributed by atoms with van der Waals surface area (Å²) in [6, 6.07) is 4.42. The number of alkyl halides is 5. The second kappa shape index (κ2) is 14.4. The van der Waals surface area contributed by atoms with Crippen LogP contribution in [0.25, 0.3) is 11.0 Å². The fraction of sp³-hybridized carbons (Fsp3) is 0.560. The van der Waals surface area contributed by atoms with Gasteiger partial charge in [-0.15, -0.1) is 0 Å². The fourth-order valence-electron chi connectivity index (χ4n) is 3.61. The maximum atomic E-state index is 13.5. The molecule has 12 nitrogen and oxygen atoms in total. The minimum Gasteiger partial charge on any atom is -0.381 e. The van der Waals surface area contributed by atoms with Gasteiger partial charge in [-0.25, -0.2) is 23.2 Å². The summed E-state index contributed by atoms with van der Waals surface area (Å²) in [6.07, 6.45) is -0.997. The predicted molar refractivity (Wildman–Crippen MR) is 138 cm³/mol. The molecular weight excluding hydrogens is 573 g/mol. The van der Waals surface area contributed by atoms with Gasteiger partial charge in [-0.1, -0.05) is 11.2 Å². The summed E-state index contributed by atoms with van der Waals surface area (Å²) in [5, 5.41) is 11.4. The Labute approximate surface area is 237 Å². The molecule has 1 aliphatic carbocycles. The average Bonchev–Trinajstić information content (AvgIpc) is 3.55. The number of halogens is 5. The molecule has 0 bridgehead atoms. The third kappa shape index (κ3) is 10.5. The number of benzene rings is 1. The van der Waals surface area contributed by atoms with E-state index in [9.17, 15) is 31.5 Å². The molecule has 2 aliphatic rings. The maximum Gasteiger partial charge on any atom is 0.411 e. The number of hydrogen-bond acceptors (Lipinski definition) is 8. The monoisotopic (exact) mass is 605 g/mol. The summed E-state index contributed by atoms with van der Waals surface area (Å²) in [6.45, 7) is -1.15. The summed E-state index contributed by atoms with van der Waals surface area (Å²) in [5.74, 6) is -2.82. The summed E-state index contributed by atoms with van der Waals surface area (Å²) < 4.78 is 76.7. The quantitative estimate of drug-likeness (QED) is 0.262. The molecule has 232 valence electrons. The van der Waals surface area contributed by atoms with Crippen molar-refractivity contribution < 1.29 is 45.6 Å². The van der Waals surface area contributed by atoms with Gasteiger partial charge in [-0.3, -0.25) is 4.79 Å². The molecule has 3 aromatic rings. The van der Waals surface area contributed by atoms with E-state index in [1.807, 2.05) is 0 Å². The molecule has 1 saturated carbocycles. The SMILES string of the molecule is CNC(=O)c1nonc1C.COC1CC1.O=C1NCC(F)(F)CN1Cc1ccc2nc(CCOCC(F)(F)F)[nH]c2c1. The highest BCUT2D eigenvalue weighted by molar-refractivity contribution is 5.92. The van der Waals surface area contributed by atoms with Crippen LogP contribution in [0.3, 0.4) is 0 Å². The number of urea groups is 1. The number of aromatic amines is 1. The van der Waals surface area contributed by atoms with Gasteiger partial charge in [-0.2, -0.15) is 13.2 Å². The Morgan fingerprint density at radius 1 is 1.26 bits per heavy atom. The number of carbonyl (C=O) groups is 2. The highest BCUT2D eigenvalue weighted by atomic mass is 19.4. The number of nitrogens with zero attached hydrogens (tertiary/aromatic N) is 4. The van der Waals surface area contributed by atoms with Gasteiger partial charge >= 0.3 is 12.2 Å². The summed E-state index contributed by atoms with van der Waals surface area (Å²) in [4.78, 5) is 30.8. The van der Waals surface area contributed by atoms with Crippen LogP contribution in [-0.4, -0.2) is 95.8 Å². The number of methoxy groups -OCH3 is 1. The molecule has 0 radical (unpaired) electrons. The lowest BCUT2D eigenvalue weighted by Gasteiger charge is -2.32. The molecule has 1 aliphatic heterocycles. The van der Waals surface area contributed by atoms with E-state index < -0.39 is 37.8 Å². The molecule has 0 atom stereocenters. The largest absolute Gasteiger partial charge is 0.411 e. The highest BCUT2D eigenvalue weighted by Crippen LogP contribution is 2.22. The Kier molecular flexibility index (Phi) is 11.2. The van der Waals surface area contributed by atoms with Crippen LogP contribution in [0.2, 0.25) is 0 Å². The van der Waals surface area contributed by atoms with E-state index in [1.54, 1.807) is 32.2 Å². The Morgan fingerprint density at radius 2 is 2.00 bits per heavy atom. The number of ether oxygens (including phenoxy) is 2. The number of hydrogen-bond donors (Lipinski definition) is 3. The highest BCUT2D eigenvalue weighted by Gasteiger charge is 2.38. The molecule has 0 unspecified atom stereocenters. The number of amides is 3. The second-order valence-corrected chi connectivity index (χ2v) is 9.54. The standard InChI is InChI=1S/C16H17F5N4O2.C5H7N3O2.C4H8O/c17-15(18)7-22-14(26)25(8-15)6-10-1-2-11-12(5-10)24-13(23-11)3-4-27-9-16(19,20)21;1-3-4(5(9)6-2)8-10-7-3;1-5-4-2-3-4/h1-2,5H,3-4,6-9H2,(H,22,26)(H,23,24);1-2H3,(H,6,9);4H,2-3H2,1H3. The molecule has 42 heavy (non-hydrogen) atoms. The van der Waals surface area contributed by atoms with Gasteiger partial charge in [0.25, 0.3) is 11.8 Å². The van der Waals surface area contributed by atoms with E-state index >= 15 is 0 Å². The Hall–Kier alpha value is -3.86. The van der Waals surface area contributed by atoms with Crippen LogP contribution < -0.4 is 10.6 Å². The third-order valence-corrected chi connectivity index (χ3v) is 5.88. The lowest BCUT2D eigenvalue weighted by molar-refractivity contribution is -0.173. The zero-order chi connectivity index (χ0) is 30.9. The molecule has 1 saturated heterocycles. The first-order chi connectivity index (χ1) is 19.8. The van der Waals surface area contributed by atoms with Crippen molar-refractivity contribution in [3.63, 3.8) is 0 Å². The van der Waals surface area contributed by atoms with Crippen molar-refractivity contribution in [1.82, 2.24) is 35.8 Å². The van der Waals surface area contributed by atoms with Crippen LogP contribution in [0.1, 0.15) is 40.4 Å². The van der Waals surface area contributed by atoms with Crippen molar-refractivity contribution in [1.29, 1.82) is 0 Å². The normalized spacial score (nSPS) is 16.2. The third-order valence-electron chi connectivity index (χ3n) is 5.88. The van der Waals surface area contributed by atoms with E-state index in [4.69, 9.17) is 4.74 Å². The predicted octanol–water partition coefficient (Wildman–Crippen LogP) is 3.38. The Balaban J connectivity index is 0.000000262. The zero-order valence-corrected chi connectivity index (χ0v) is 23.2. The number of aromatic nitrogens is 4. The van der Waals surface area contributed by atoms with Crippen molar-refractivity contribution in [2.75, 3.05) is 40.5 Å². The van der Waals surface area contributed by atoms with Gasteiger partial charge in [0.2, 0.25) is 0 Å². The van der Waals surface area contributed by atoms with Crippen LogP contribution in [-0.2, 0) is 22.4 Å². The first-order valence-electron chi connectivity index (χ1n) is 12.9. The number of aryl methyl sites for hydroxylation is 1. The minimum atomic E-state index is -4.37. The van der Waals surface area contributed by atoms with Gasteiger partial charge in [0.05, 0.1) is 36.8 Å². The van der Waals surface area contributed by atoms with E-state index in [0.717, 1.165) is 4.90 Å². The number of H-pyrrole nitrogens is 1. The topological polar surface area (TPSA) is 148 Å². The molecule has 17 heteroatoms. The van der Waals surface area contributed by atoms with E-state index in [1.165, 1.54) is 19.9 Å². The molecule has 3 heterocycles. The summed E-state index contributed by atoms with van der Waals surface area (Å²) >= 11 is 0. The van der Waals surface area contributed by atoms with Crippen LogP contribution in [0, 0.1) is 6.92 Å². The number of imidazole rings is 1. The van der Waals surface area contributed by atoms with Crippen LogP contribution in [0.15, 0.2) is 22.8 Å². The molecular formula is C25H32F5N7O5. The van der Waals surface area contributed by atoms with Gasteiger partial charge in [-0.05, 0) is 42.6 Å². The Morgan fingerprint density at radius 3 is 2.57 bits per heavy atom. The van der Waals surface area contributed by atoms with Crippen LogP contribution in [0.5, 0.6) is 0 Å². The molecule has 0 spiro atoms. The summed E-state index contributed by atoms with van der Waals surface area (Å²) in [7, 11) is 3.29. The molecule has 5 rings (SSSR count). The first-order valence-corrected chi connectivity index (χ1v) is 12.9. The summed E-state index contributed by atoms with van der Waals surface area (Å²) in [5.41, 5.74) is 2.54. The molecule has 2 aromatic heterocycles. The van der Waals surface area contributed by atoms with Crippen molar-refractivity contribution in [2.24, 2.45) is 0 Å². The van der Waals surface area contributed by atoms with Gasteiger partial charge in [0, 0.05) is 27.1 Å². The number of fused-ring (bicyclic) bond motifs is 1. The van der Waals surface area contributed by atoms with E-state index in [-0.39, 0.29) is 31.2 Å². The molecule has 3 amide bonds. The van der Waals surface area contributed by atoms with Gasteiger partial charge < -0.3 is 30.0 Å². The maximum absolute atomic E-state index is 13.5. The van der Waals surface area contributed by atoms with Crippen LogP contribution in [0.4, 0.5) is 26.7 Å². The van der Waals surface area contributed by atoms with E-state index in [0.29, 0.717) is 34.2 Å². The van der Waals surface area contributed by atoms with Gasteiger partial charge in [0.15, 0.2) is 5.69 Å². The minimum absolute atomic E-state index is 0.000407. The lowest BCUT2D eigenvalue weighted by atomic mass is 10.1. The smallest absolute Gasteiger partial charge is 0.381 e. The number of carbonyl (C=O) groups excluding carboxylic acids is 2. The second-order valence-electron chi connectivity index (χ2n) is 9.54. The molecule has 3 N–H and O–H groups in total. The molecule has 1 aromatic carbocycles. The van der Waals surface area contributed by atoms with E-state index in [2.05, 4.69) is 40.3 Å². The molecule has 2 fully saturated rings. The van der Waals surface area contributed by atoms with Crippen LogP contribution >= 0.6 is 0 Å². The average molecular weight is 606 g/mol. The number of nitrogens with one attached hydrogen (secondary N) is 3.